The quantitative estimate of drug-likeness (QED) is 0.204. The maximum Gasteiger partial charge on any atom is 0.114 e. The van der Waals surface area contributed by atoms with Crippen molar-refractivity contribution in [1.29, 1.82) is 0 Å². The third-order valence-electron chi connectivity index (χ3n) is 8.20. The minimum Gasteiger partial charge on any atom is -0.370 e. The molecule has 4 aromatic carbocycles. The molecule has 0 N–H and O–H groups in total. The van der Waals surface area contributed by atoms with Crippen molar-refractivity contribution < 1.29 is 23.8 Å². The minimum atomic E-state index is -0.399. The molecule has 6 rings (SSSR count). The highest BCUT2D eigenvalue weighted by molar-refractivity contribution is 5.17. The summed E-state index contributed by atoms with van der Waals surface area (Å²) in [5, 5.41) is 1.94. The summed E-state index contributed by atoms with van der Waals surface area (Å²) < 4.78 is 27.1. The molecule has 1 aliphatic carbocycles. The summed E-state index contributed by atoms with van der Waals surface area (Å²) in [4.78, 5) is 6.15. The van der Waals surface area contributed by atoms with Crippen molar-refractivity contribution in [3.05, 3.63) is 144 Å². The molecule has 0 unspecified atom stereocenters. The summed E-state index contributed by atoms with van der Waals surface area (Å²) in [5.74, 6) is 0.0387. The van der Waals surface area contributed by atoms with Gasteiger partial charge in [0.1, 0.15) is 18.3 Å². The van der Waals surface area contributed by atoms with E-state index < -0.39 is 6.10 Å². The summed E-state index contributed by atoms with van der Waals surface area (Å²) in [6.07, 6.45) is -1.34. The molecule has 1 saturated heterocycles. The molecule has 0 amide bonds. The van der Waals surface area contributed by atoms with Gasteiger partial charge in [0.25, 0.3) is 0 Å². The molecule has 2 fully saturated rings. The van der Waals surface area contributed by atoms with Crippen LogP contribution in [0.5, 0.6) is 0 Å². The van der Waals surface area contributed by atoms with E-state index >= 15 is 0 Å². The zero-order chi connectivity index (χ0) is 28.6. The second-order valence-corrected chi connectivity index (χ2v) is 11.0. The Hall–Kier alpha value is -3.36. The largest absolute Gasteiger partial charge is 0.370 e. The first-order valence-electron chi connectivity index (χ1n) is 14.7. The van der Waals surface area contributed by atoms with E-state index in [1.54, 1.807) is 0 Å². The second-order valence-electron chi connectivity index (χ2n) is 11.0. The van der Waals surface area contributed by atoms with Gasteiger partial charge in [0, 0.05) is 13.0 Å². The number of benzene rings is 4. The number of hydrogen-bond acceptors (Lipinski definition) is 6. The Kier molecular flexibility index (Phi) is 9.72. The summed E-state index contributed by atoms with van der Waals surface area (Å²) in [6, 6.07) is 41.0. The predicted octanol–water partition coefficient (Wildman–Crippen LogP) is 6.20. The van der Waals surface area contributed by atoms with Crippen molar-refractivity contribution in [1.82, 2.24) is 5.06 Å². The van der Waals surface area contributed by atoms with Crippen LogP contribution in [0.3, 0.4) is 0 Å². The van der Waals surface area contributed by atoms with Crippen LogP contribution >= 0.6 is 0 Å². The fraction of sp³-hybridized carbons (Fsp3) is 0.333. The Labute approximate surface area is 248 Å². The van der Waals surface area contributed by atoms with Gasteiger partial charge in [-0.3, -0.25) is 4.84 Å². The number of hydroxylamine groups is 2. The lowest BCUT2D eigenvalue weighted by Crippen LogP contribution is -2.65. The van der Waals surface area contributed by atoms with Gasteiger partial charge >= 0.3 is 0 Å². The number of likely N-dealkylation sites (N-methyl/N-ethyl adjacent to an activating group) is 1. The third-order valence-corrected chi connectivity index (χ3v) is 8.20. The Balaban J connectivity index is 1.32. The molecule has 1 aliphatic heterocycles. The summed E-state index contributed by atoms with van der Waals surface area (Å²) in [5.41, 5.74) is 4.43. The number of hydrogen-bond donors (Lipinski definition) is 0. The van der Waals surface area contributed by atoms with Crippen LogP contribution in [0.1, 0.15) is 22.3 Å². The summed E-state index contributed by atoms with van der Waals surface area (Å²) >= 11 is 0. The highest BCUT2D eigenvalue weighted by atomic mass is 16.7. The monoisotopic (exact) mass is 565 g/mol. The van der Waals surface area contributed by atoms with E-state index in [1.807, 2.05) is 84.9 Å². The van der Waals surface area contributed by atoms with E-state index in [9.17, 15) is 0 Å². The van der Waals surface area contributed by atoms with Gasteiger partial charge in [0.2, 0.25) is 0 Å². The van der Waals surface area contributed by atoms with Crippen LogP contribution in [-0.2, 0) is 50.2 Å². The first kappa shape index (κ1) is 28.7. The zero-order valence-corrected chi connectivity index (χ0v) is 24.0. The fourth-order valence-corrected chi connectivity index (χ4v) is 6.07. The minimum absolute atomic E-state index is 0.0387. The average Bonchev–Trinajstić information content (AvgIpc) is 3.44. The first-order valence-corrected chi connectivity index (χ1v) is 14.7. The molecule has 6 atom stereocenters. The van der Waals surface area contributed by atoms with Crippen LogP contribution in [0.25, 0.3) is 0 Å². The van der Waals surface area contributed by atoms with Gasteiger partial charge in [0.15, 0.2) is 0 Å². The fourth-order valence-electron chi connectivity index (χ4n) is 6.07. The Bertz CT molecular complexity index is 1340. The van der Waals surface area contributed by atoms with E-state index in [-0.39, 0.29) is 30.3 Å². The standard InChI is InChI=1S/C36H39NO5/c1-37-32-31(26-42-37)33(38-22-27-14-6-2-7-15-27)35(40-24-29-18-10-4-11-19-29)36(41-25-30-20-12-5-13-21-30)34(32)39-23-28-16-8-3-9-17-28/h2-21,31-36H,22-26H2,1H3/t31-,32-,33-,34-,35+,36+/m1/s1. The van der Waals surface area contributed by atoms with Gasteiger partial charge < -0.3 is 18.9 Å². The molecule has 1 saturated carbocycles. The van der Waals surface area contributed by atoms with Gasteiger partial charge in [-0.05, 0) is 22.3 Å². The molecule has 0 bridgehead atoms. The molecule has 0 radical (unpaired) electrons. The van der Waals surface area contributed by atoms with Crippen LogP contribution in [0.2, 0.25) is 0 Å². The maximum atomic E-state index is 6.80. The van der Waals surface area contributed by atoms with Crippen molar-refractivity contribution >= 4 is 0 Å². The molecule has 218 valence electrons. The third kappa shape index (κ3) is 6.98. The van der Waals surface area contributed by atoms with E-state index in [0.717, 1.165) is 22.3 Å². The van der Waals surface area contributed by atoms with Gasteiger partial charge in [-0.1, -0.05) is 121 Å². The highest BCUT2D eigenvalue weighted by Crippen LogP contribution is 2.41. The van der Waals surface area contributed by atoms with Gasteiger partial charge in [0.05, 0.1) is 45.2 Å². The Morgan fingerprint density at radius 1 is 0.500 bits per heavy atom. The van der Waals surface area contributed by atoms with E-state index in [2.05, 4.69) is 48.5 Å². The second kappa shape index (κ2) is 14.2. The topological polar surface area (TPSA) is 49.4 Å². The number of nitrogens with zero attached hydrogens (tertiary/aromatic N) is 1. The normalized spacial score (nSPS) is 25.7. The molecule has 6 nitrogen and oxygen atoms in total. The van der Waals surface area contributed by atoms with Gasteiger partial charge in [-0.2, -0.15) is 5.06 Å². The van der Waals surface area contributed by atoms with Crippen LogP contribution < -0.4 is 0 Å². The van der Waals surface area contributed by atoms with Crippen molar-refractivity contribution in [3.8, 4) is 0 Å². The number of ether oxygens (including phenoxy) is 4. The van der Waals surface area contributed by atoms with Crippen molar-refractivity contribution in [2.75, 3.05) is 13.7 Å². The molecular formula is C36H39NO5. The SMILES string of the molecule is CN1OC[C@H]2[C@@H](OCc3ccccc3)[C@H](OCc3ccccc3)[C@@H](OCc3ccccc3)[C@H](OCc3ccccc3)[C@@H]21. The molecule has 6 heteroatoms. The van der Waals surface area contributed by atoms with Crippen LogP contribution in [0.4, 0.5) is 0 Å². The Morgan fingerprint density at radius 2 is 0.833 bits per heavy atom. The summed E-state index contributed by atoms with van der Waals surface area (Å²) in [7, 11) is 1.98. The number of fused-ring (bicyclic) bond motifs is 1. The maximum absolute atomic E-state index is 6.80. The average molecular weight is 566 g/mol. The van der Waals surface area contributed by atoms with Crippen LogP contribution in [-0.4, -0.2) is 49.2 Å². The Morgan fingerprint density at radius 3 is 1.24 bits per heavy atom. The smallest absolute Gasteiger partial charge is 0.114 e. The molecule has 0 spiro atoms. The highest BCUT2D eigenvalue weighted by Gasteiger charge is 2.57. The molecule has 0 aromatic heterocycles. The molecule has 2 aliphatic rings. The first-order chi connectivity index (χ1) is 20.8. The molecular weight excluding hydrogens is 526 g/mol. The lowest BCUT2D eigenvalue weighted by molar-refractivity contribution is -0.247. The van der Waals surface area contributed by atoms with Crippen molar-refractivity contribution in [2.24, 2.45) is 5.92 Å². The van der Waals surface area contributed by atoms with Crippen LogP contribution in [0, 0.1) is 5.92 Å². The van der Waals surface area contributed by atoms with Gasteiger partial charge in [-0.15, -0.1) is 0 Å². The van der Waals surface area contributed by atoms with Crippen molar-refractivity contribution in [3.63, 3.8) is 0 Å². The number of rotatable bonds is 12. The van der Waals surface area contributed by atoms with E-state index in [4.69, 9.17) is 23.8 Å². The lowest BCUT2D eigenvalue weighted by Gasteiger charge is -2.48. The van der Waals surface area contributed by atoms with E-state index in [0.29, 0.717) is 33.0 Å². The van der Waals surface area contributed by atoms with Gasteiger partial charge in [-0.25, -0.2) is 0 Å². The predicted molar refractivity (Wildman–Crippen MR) is 161 cm³/mol. The van der Waals surface area contributed by atoms with E-state index in [1.165, 1.54) is 0 Å². The molecule has 1 heterocycles. The summed E-state index contributed by atoms with van der Waals surface area (Å²) in [6.45, 7) is 2.36. The van der Waals surface area contributed by atoms with Crippen molar-refractivity contribution in [2.45, 2.75) is 56.9 Å². The van der Waals surface area contributed by atoms with Crippen LogP contribution in [0.15, 0.2) is 121 Å². The molecule has 42 heavy (non-hydrogen) atoms. The zero-order valence-electron chi connectivity index (χ0n) is 24.0. The lowest BCUT2D eigenvalue weighted by atomic mass is 9.77. The molecule has 4 aromatic rings.